The smallest absolute Gasteiger partial charge is 0.229 e. The minimum absolute atomic E-state index is 0.234. The minimum Gasteiger partial charge on any atom is -0.420 e. The number of nitrogen functional groups attached to an aromatic ring is 1. The van der Waals surface area contributed by atoms with Gasteiger partial charge in [-0.15, -0.1) is 10.2 Å². The number of nitrogens with one attached hydrogen (secondary N) is 1. The van der Waals surface area contributed by atoms with E-state index in [0.29, 0.717) is 21.7 Å². The lowest BCUT2D eigenvalue weighted by Gasteiger charge is -1.99. The van der Waals surface area contributed by atoms with Gasteiger partial charge in [-0.25, -0.2) is 4.98 Å². The third-order valence-electron chi connectivity index (χ3n) is 3.60. The van der Waals surface area contributed by atoms with Crippen molar-refractivity contribution in [2.24, 2.45) is 0 Å². The van der Waals surface area contributed by atoms with Gasteiger partial charge >= 0.3 is 0 Å². The number of para-hydroxylation sites is 1. The van der Waals surface area contributed by atoms with Gasteiger partial charge in [0.1, 0.15) is 0 Å². The van der Waals surface area contributed by atoms with Crippen LogP contribution in [0.5, 0.6) is 0 Å². The standard InChI is InChI=1S/C18H15N5OS/c1-11-7-9-12(10-8-11)16-21-14(15(19)24-16)17-22-23-18(25-17)20-13-5-3-2-4-6-13/h2-10H,19H2,1H3,(H,20,23). The number of oxazole rings is 1. The molecule has 2 heterocycles. The number of nitrogens with zero attached hydrogens (tertiary/aromatic N) is 3. The molecule has 7 heteroatoms. The van der Waals surface area contributed by atoms with Gasteiger partial charge in [0.05, 0.1) is 0 Å². The van der Waals surface area contributed by atoms with Gasteiger partial charge in [-0.2, -0.15) is 0 Å². The Morgan fingerprint density at radius 2 is 1.76 bits per heavy atom. The number of aryl methyl sites for hydroxylation is 1. The molecule has 4 aromatic rings. The fourth-order valence-corrected chi connectivity index (χ4v) is 3.08. The Bertz CT molecular complexity index is 992. The van der Waals surface area contributed by atoms with E-state index in [-0.39, 0.29) is 5.88 Å². The molecule has 0 aliphatic heterocycles. The van der Waals surface area contributed by atoms with Gasteiger partial charge in [0.25, 0.3) is 0 Å². The highest BCUT2D eigenvalue weighted by Gasteiger charge is 2.18. The summed E-state index contributed by atoms with van der Waals surface area (Å²) < 4.78 is 5.61. The molecule has 124 valence electrons. The van der Waals surface area contributed by atoms with E-state index in [9.17, 15) is 0 Å². The van der Waals surface area contributed by atoms with E-state index >= 15 is 0 Å². The van der Waals surface area contributed by atoms with Crippen molar-refractivity contribution in [2.75, 3.05) is 11.1 Å². The molecule has 0 unspecified atom stereocenters. The van der Waals surface area contributed by atoms with Crippen molar-refractivity contribution in [3.05, 3.63) is 60.2 Å². The average molecular weight is 349 g/mol. The normalized spacial score (nSPS) is 10.8. The Balaban J connectivity index is 1.61. The van der Waals surface area contributed by atoms with Crippen LogP contribution in [0.15, 0.2) is 59.0 Å². The fourth-order valence-electron chi connectivity index (χ4n) is 2.32. The number of hydrogen-bond acceptors (Lipinski definition) is 7. The summed E-state index contributed by atoms with van der Waals surface area (Å²) in [5, 5.41) is 12.8. The molecule has 0 radical (unpaired) electrons. The van der Waals surface area contributed by atoms with Crippen molar-refractivity contribution in [3.63, 3.8) is 0 Å². The van der Waals surface area contributed by atoms with Gasteiger partial charge in [-0.05, 0) is 31.2 Å². The topological polar surface area (TPSA) is 89.9 Å². The number of aromatic nitrogens is 3. The molecule has 2 aromatic carbocycles. The minimum atomic E-state index is 0.234. The van der Waals surface area contributed by atoms with Gasteiger partial charge in [-0.3, -0.25) is 0 Å². The zero-order chi connectivity index (χ0) is 17.2. The van der Waals surface area contributed by atoms with Crippen LogP contribution < -0.4 is 11.1 Å². The van der Waals surface area contributed by atoms with Crippen LogP contribution in [0.2, 0.25) is 0 Å². The zero-order valence-electron chi connectivity index (χ0n) is 13.4. The maximum atomic E-state index is 5.99. The predicted octanol–water partition coefficient (Wildman–Crippen LogP) is 4.49. The first-order valence-corrected chi connectivity index (χ1v) is 8.50. The zero-order valence-corrected chi connectivity index (χ0v) is 14.2. The monoisotopic (exact) mass is 349 g/mol. The van der Waals surface area contributed by atoms with Crippen molar-refractivity contribution in [2.45, 2.75) is 6.92 Å². The molecule has 3 N–H and O–H groups in total. The second-order valence-corrected chi connectivity index (χ2v) is 6.48. The van der Waals surface area contributed by atoms with Crippen molar-refractivity contribution in [3.8, 4) is 22.2 Å². The van der Waals surface area contributed by atoms with Crippen LogP contribution in [0.4, 0.5) is 16.7 Å². The molecule has 0 atom stereocenters. The number of anilines is 3. The summed E-state index contributed by atoms with van der Waals surface area (Å²) in [7, 11) is 0. The quantitative estimate of drug-likeness (QED) is 0.564. The van der Waals surface area contributed by atoms with E-state index in [1.807, 2.05) is 61.5 Å². The van der Waals surface area contributed by atoms with Gasteiger partial charge < -0.3 is 15.5 Å². The number of nitrogens with two attached hydrogens (primary N) is 1. The molecule has 0 spiro atoms. The molecule has 0 fully saturated rings. The molecule has 0 bridgehead atoms. The highest BCUT2D eigenvalue weighted by atomic mass is 32.1. The van der Waals surface area contributed by atoms with Crippen LogP contribution in [-0.2, 0) is 0 Å². The lowest BCUT2D eigenvalue weighted by atomic mass is 10.1. The summed E-state index contributed by atoms with van der Waals surface area (Å²) in [5.41, 5.74) is 9.49. The fraction of sp³-hybridized carbons (Fsp3) is 0.0556. The van der Waals surface area contributed by atoms with Crippen LogP contribution in [0.25, 0.3) is 22.2 Å². The van der Waals surface area contributed by atoms with Gasteiger partial charge in [-0.1, -0.05) is 47.2 Å². The second-order valence-electron chi connectivity index (χ2n) is 5.50. The van der Waals surface area contributed by atoms with Crippen molar-refractivity contribution < 1.29 is 4.42 Å². The van der Waals surface area contributed by atoms with E-state index in [4.69, 9.17) is 10.2 Å². The van der Waals surface area contributed by atoms with Crippen LogP contribution >= 0.6 is 11.3 Å². The highest BCUT2D eigenvalue weighted by Crippen LogP contribution is 2.34. The second kappa shape index (κ2) is 6.37. The first-order valence-electron chi connectivity index (χ1n) is 7.68. The van der Waals surface area contributed by atoms with Crippen molar-refractivity contribution >= 4 is 28.0 Å². The average Bonchev–Trinajstić information content (AvgIpc) is 3.23. The first-order chi connectivity index (χ1) is 12.2. The molecular weight excluding hydrogens is 334 g/mol. The number of rotatable bonds is 4. The number of benzene rings is 2. The summed E-state index contributed by atoms with van der Waals surface area (Å²) in [5.74, 6) is 0.707. The number of hydrogen-bond donors (Lipinski definition) is 2. The Hall–Kier alpha value is -3.19. The largest absolute Gasteiger partial charge is 0.420 e. The Morgan fingerprint density at radius 3 is 2.52 bits per heavy atom. The van der Waals surface area contributed by atoms with Crippen LogP contribution in [0.3, 0.4) is 0 Å². The molecule has 0 amide bonds. The Morgan fingerprint density at radius 1 is 1.00 bits per heavy atom. The summed E-state index contributed by atoms with van der Waals surface area (Å²) in [6.07, 6.45) is 0. The highest BCUT2D eigenvalue weighted by molar-refractivity contribution is 7.18. The molecule has 25 heavy (non-hydrogen) atoms. The van der Waals surface area contributed by atoms with E-state index in [0.717, 1.165) is 11.3 Å². The van der Waals surface area contributed by atoms with Crippen LogP contribution in [0, 0.1) is 6.92 Å². The first kappa shape index (κ1) is 15.3. The van der Waals surface area contributed by atoms with Crippen molar-refractivity contribution in [1.82, 2.24) is 15.2 Å². The maximum absolute atomic E-state index is 5.99. The molecule has 0 saturated heterocycles. The van der Waals surface area contributed by atoms with Gasteiger partial charge in [0, 0.05) is 11.3 Å². The molecule has 2 aromatic heterocycles. The summed E-state index contributed by atoms with van der Waals surface area (Å²) in [6.45, 7) is 2.03. The Labute approximate surface area is 148 Å². The molecule has 4 rings (SSSR count). The molecular formula is C18H15N5OS. The predicted molar refractivity (Wildman–Crippen MR) is 99.7 cm³/mol. The lowest BCUT2D eigenvalue weighted by Crippen LogP contribution is -1.88. The van der Waals surface area contributed by atoms with Crippen molar-refractivity contribution in [1.29, 1.82) is 0 Å². The van der Waals surface area contributed by atoms with E-state index < -0.39 is 0 Å². The Kier molecular flexibility index (Phi) is 3.91. The molecule has 0 aliphatic carbocycles. The van der Waals surface area contributed by atoms with Gasteiger partial charge in [0.2, 0.25) is 16.9 Å². The molecule has 6 nitrogen and oxygen atoms in total. The van der Waals surface area contributed by atoms with E-state index in [1.165, 1.54) is 16.9 Å². The maximum Gasteiger partial charge on any atom is 0.229 e. The van der Waals surface area contributed by atoms with Gasteiger partial charge in [0.15, 0.2) is 10.7 Å². The summed E-state index contributed by atoms with van der Waals surface area (Å²) >= 11 is 1.37. The van der Waals surface area contributed by atoms with Crippen LogP contribution in [0.1, 0.15) is 5.56 Å². The SMILES string of the molecule is Cc1ccc(-c2nc(-c3nnc(Nc4ccccc4)s3)c(N)o2)cc1. The molecule has 0 saturated carbocycles. The third kappa shape index (κ3) is 3.22. The molecule has 0 aliphatic rings. The van der Waals surface area contributed by atoms with Crippen LogP contribution in [-0.4, -0.2) is 15.2 Å². The summed E-state index contributed by atoms with van der Waals surface area (Å²) in [6, 6.07) is 17.7. The summed E-state index contributed by atoms with van der Waals surface area (Å²) in [4.78, 5) is 4.49. The van der Waals surface area contributed by atoms with E-state index in [1.54, 1.807) is 0 Å². The van der Waals surface area contributed by atoms with E-state index in [2.05, 4.69) is 20.5 Å². The third-order valence-corrected chi connectivity index (χ3v) is 4.45. The lowest BCUT2D eigenvalue weighted by molar-refractivity contribution is 0.594.